The molecule has 0 N–H and O–H groups in total. The molecule has 2 aromatic rings. The molecule has 0 aliphatic heterocycles. The number of Topliss-reactive ketones (excluding diaryl/α,β-unsaturated/α-hetero) is 1. The van der Waals surface area contributed by atoms with Gasteiger partial charge in [0.05, 0.1) is 11.6 Å². The molecule has 0 aliphatic carbocycles. The number of pyridine rings is 1. The first-order valence-electron chi connectivity index (χ1n) is 5.63. The van der Waals surface area contributed by atoms with E-state index in [2.05, 4.69) is 0 Å². The van der Waals surface area contributed by atoms with Crippen molar-refractivity contribution in [3.05, 3.63) is 68.1 Å². The highest BCUT2D eigenvalue weighted by Crippen LogP contribution is 2.21. The lowest BCUT2D eigenvalue weighted by molar-refractivity contribution is 0.0971. The number of aryl methyl sites for hydroxylation is 1. The van der Waals surface area contributed by atoms with Gasteiger partial charge in [-0.15, -0.1) is 0 Å². The fraction of sp³-hybridized carbons (Fsp3) is 0.143. The quantitative estimate of drug-likeness (QED) is 0.815. The van der Waals surface area contributed by atoms with Gasteiger partial charge >= 0.3 is 0 Å². The van der Waals surface area contributed by atoms with Crippen LogP contribution in [0.4, 0.5) is 0 Å². The van der Waals surface area contributed by atoms with Crippen molar-refractivity contribution in [2.75, 3.05) is 0 Å². The first kappa shape index (κ1) is 13.8. The number of rotatable bonds is 3. The zero-order valence-electron chi connectivity index (χ0n) is 10.2. The summed E-state index contributed by atoms with van der Waals surface area (Å²) in [5.41, 5.74) is 0.726. The second kappa shape index (κ2) is 5.59. The second-order valence-electron chi connectivity index (χ2n) is 4.17. The van der Waals surface area contributed by atoms with E-state index in [1.54, 1.807) is 37.4 Å². The molecular weight excluding hydrogens is 285 g/mol. The number of carbonyl (C=O) groups excluding carboxylic acids is 1. The number of carbonyl (C=O) groups is 1. The molecule has 0 saturated carbocycles. The third-order valence-electron chi connectivity index (χ3n) is 2.75. The van der Waals surface area contributed by atoms with Crippen LogP contribution < -0.4 is 5.56 Å². The van der Waals surface area contributed by atoms with Crippen LogP contribution in [0.5, 0.6) is 0 Å². The Labute approximate surface area is 120 Å². The highest BCUT2D eigenvalue weighted by molar-refractivity contribution is 6.35. The number of aromatic nitrogens is 1. The molecule has 3 nitrogen and oxygen atoms in total. The van der Waals surface area contributed by atoms with Gasteiger partial charge in [-0.2, -0.15) is 0 Å². The molecule has 0 unspecified atom stereocenters. The standard InChI is InChI=1S/C14H11Cl2NO2/c1-9-3-2-6-17(14(9)19)8-13(18)11-7-10(15)4-5-12(11)16/h2-7H,8H2,1H3. The van der Waals surface area contributed by atoms with E-state index in [1.165, 1.54) is 10.6 Å². The average Bonchev–Trinajstić information content (AvgIpc) is 2.38. The summed E-state index contributed by atoms with van der Waals surface area (Å²) in [7, 11) is 0. The zero-order valence-corrected chi connectivity index (χ0v) is 11.7. The maximum Gasteiger partial charge on any atom is 0.253 e. The summed E-state index contributed by atoms with van der Waals surface area (Å²) in [4.78, 5) is 24.0. The van der Waals surface area contributed by atoms with Crippen LogP contribution in [0.1, 0.15) is 15.9 Å². The van der Waals surface area contributed by atoms with E-state index in [0.717, 1.165) is 0 Å². The summed E-state index contributed by atoms with van der Waals surface area (Å²) >= 11 is 11.8. The van der Waals surface area contributed by atoms with Crippen LogP contribution in [0.3, 0.4) is 0 Å². The van der Waals surface area contributed by atoms with Gasteiger partial charge in [-0.1, -0.05) is 29.3 Å². The van der Waals surface area contributed by atoms with Gasteiger partial charge < -0.3 is 4.57 Å². The van der Waals surface area contributed by atoms with E-state index in [0.29, 0.717) is 21.2 Å². The van der Waals surface area contributed by atoms with E-state index >= 15 is 0 Å². The van der Waals surface area contributed by atoms with Crippen molar-refractivity contribution in [1.29, 1.82) is 0 Å². The van der Waals surface area contributed by atoms with Gasteiger partial charge in [0.25, 0.3) is 5.56 Å². The Morgan fingerprint density at radius 2 is 2.00 bits per heavy atom. The SMILES string of the molecule is Cc1cccn(CC(=O)c2cc(Cl)ccc2Cl)c1=O. The molecule has 1 aromatic carbocycles. The molecule has 0 amide bonds. The van der Waals surface area contributed by atoms with Gasteiger partial charge in [-0.25, -0.2) is 0 Å². The van der Waals surface area contributed by atoms with E-state index in [-0.39, 0.29) is 17.9 Å². The minimum Gasteiger partial charge on any atom is -0.308 e. The van der Waals surface area contributed by atoms with Gasteiger partial charge in [0.2, 0.25) is 0 Å². The molecule has 1 aromatic heterocycles. The molecule has 1 heterocycles. The number of nitrogens with zero attached hydrogens (tertiary/aromatic N) is 1. The van der Waals surface area contributed by atoms with Crippen molar-refractivity contribution in [3.63, 3.8) is 0 Å². The number of hydrogen-bond donors (Lipinski definition) is 0. The third kappa shape index (κ3) is 3.06. The lowest BCUT2D eigenvalue weighted by atomic mass is 10.1. The van der Waals surface area contributed by atoms with E-state index in [4.69, 9.17) is 23.2 Å². The smallest absolute Gasteiger partial charge is 0.253 e. The minimum atomic E-state index is -0.250. The molecule has 0 atom stereocenters. The van der Waals surface area contributed by atoms with Gasteiger partial charge in [0.1, 0.15) is 0 Å². The predicted octanol–water partition coefficient (Wildman–Crippen LogP) is 3.35. The molecule has 5 heteroatoms. The fourth-order valence-electron chi connectivity index (χ4n) is 1.73. The van der Waals surface area contributed by atoms with Crippen LogP contribution in [0, 0.1) is 6.92 Å². The Kier molecular flexibility index (Phi) is 4.08. The Hall–Kier alpha value is -1.58. The number of ketones is 1. The first-order chi connectivity index (χ1) is 8.99. The molecule has 0 spiro atoms. The van der Waals surface area contributed by atoms with Crippen LogP contribution >= 0.6 is 23.2 Å². The number of benzene rings is 1. The van der Waals surface area contributed by atoms with Crippen molar-refractivity contribution >= 4 is 29.0 Å². The van der Waals surface area contributed by atoms with Crippen molar-refractivity contribution in [3.8, 4) is 0 Å². The normalized spacial score (nSPS) is 10.5. The summed E-state index contributed by atoms with van der Waals surface area (Å²) in [6, 6.07) is 8.11. The highest BCUT2D eigenvalue weighted by Gasteiger charge is 2.12. The second-order valence-corrected chi connectivity index (χ2v) is 5.02. The molecule has 98 valence electrons. The largest absolute Gasteiger partial charge is 0.308 e. The molecule has 0 aliphatic rings. The topological polar surface area (TPSA) is 39.1 Å². The van der Waals surface area contributed by atoms with E-state index in [1.807, 2.05) is 0 Å². The van der Waals surface area contributed by atoms with Gasteiger partial charge in [-0.3, -0.25) is 9.59 Å². The van der Waals surface area contributed by atoms with Crippen LogP contribution in [0.25, 0.3) is 0 Å². The summed E-state index contributed by atoms with van der Waals surface area (Å²) in [6.45, 7) is 1.65. The summed E-state index contributed by atoms with van der Waals surface area (Å²) in [6.07, 6.45) is 1.58. The Morgan fingerprint density at radius 1 is 1.26 bits per heavy atom. The summed E-state index contributed by atoms with van der Waals surface area (Å²) in [5.74, 6) is -0.250. The molecular formula is C14H11Cl2NO2. The number of halogens is 2. The average molecular weight is 296 g/mol. The Bertz CT molecular complexity index is 692. The van der Waals surface area contributed by atoms with Crippen molar-refractivity contribution in [2.45, 2.75) is 13.5 Å². The molecule has 2 rings (SSSR count). The van der Waals surface area contributed by atoms with Crippen LogP contribution in [-0.2, 0) is 6.54 Å². The van der Waals surface area contributed by atoms with Crippen LogP contribution in [0.15, 0.2) is 41.3 Å². The fourth-order valence-corrected chi connectivity index (χ4v) is 2.13. The first-order valence-corrected chi connectivity index (χ1v) is 6.39. The van der Waals surface area contributed by atoms with E-state index < -0.39 is 0 Å². The predicted molar refractivity (Wildman–Crippen MR) is 76.2 cm³/mol. The van der Waals surface area contributed by atoms with Crippen molar-refractivity contribution < 1.29 is 4.79 Å². The lowest BCUT2D eigenvalue weighted by Gasteiger charge is -2.07. The molecule has 0 bridgehead atoms. The molecule has 0 radical (unpaired) electrons. The maximum atomic E-state index is 12.1. The van der Waals surface area contributed by atoms with Crippen molar-refractivity contribution in [1.82, 2.24) is 4.57 Å². The van der Waals surface area contributed by atoms with Gasteiger partial charge in [0.15, 0.2) is 5.78 Å². The molecule has 19 heavy (non-hydrogen) atoms. The lowest BCUT2D eigenvalue weighted by Crippen LogP contribution is -2.25. The van der Waals surface area contributed by atoms with E-state index in [9.17, 15) is 9.59 Å². The zero-order chi connectivity index (χ0) is 14.0. The van der Waals surface area contributed by atoms with Gasteiger partial charge in [-0.05, 0) is 31.2 Å². The van der Waals surface area contributed by atoms with Gasteiger partial charge in [0, 0.05) is 22.3 Å². The highest BCUT2D eigenvalue weighted by atomic mass is 35.5. The Morgan fingerprint density at radius 3 is 2.74 bits per heavy atom. The minimum absolute atomic E-state index is 0.0550. The molecule has 0 saturated heterocycles. The third-order valence-corrected chi connectivity index (χ3v) is 3.32. The summed E-state index contributed by atoms with van der Waals surface area (Å²) < 4.78 is 1.36. The van der Waals surface area contributed by atoms with Crippen LogP contribution in [-0.4, -0.2) is 10.4 Å². The Balaban J connectivity index is 2.33. The summed E-state index contributed by atoms with van der Waals surface area (Å²) in [5, 5.41) is 0.763. The monoisotopic (exact) mass is 295 g/mol. The van der Waals surface area contributed by atoms with Crippen molar-refractivity contribution in [2.24, 2.45) is 0 Å². The molecule has 0 fully saturated rings. The van der Waals surface area contributed by atoms with Crippen LogP contribution in [0.2, 0.25) is 10.0 Å². The number of hydrogen-bond acceptors (Lipinski definition) is 2. The maximum absolute atomic E-state index is 12.1.